The summed E-state index contributed by atoms with van der Waals surface area (Å²) in [5, 5.41) is 2.93. The number of carbonyl (C=O) groups excluding carboxylic acids is 3. The minimum atomic E-state index is -0.643. The lowest BCUT2D eigenvalue weighted by molar-refractivity contribution is -0.143. The quantitative estimate of drug-likeness (QED) is 0.338. The highest BCUT2D eigenvalue weighted by atomic mass is 16.5. The number of methoxy groups -OCH3 is 1. The average molecular weight is 474 g/mol. The van der Waals surface area contributed by atoms with Crippen molar-refractivity contribution in [2.75, 3.05) is 13.7 Å². The number of Topliss-reactive ketones (excluding diaryl/α,β-unsaturated/α-hetero) is 1. The van der Waals surface area contributed by atoms with E-state index in [1.807, 2.05) is 18.2 Å². The molecule has 6 nitrogen and oxygen atoms in total. The topological polar surface area (TPSA) is 81.7 Å². The second-order valence-electron chi connectivity index (χ2n) is 9.28. The van der Waals surface area contributed by atoms with Crippen LogP contribution in [0.5, 0.6) is 5.75 Å². The van der Waals surface area contributed by atoms with Crippen LogP contribution in [-0.4, -0.2) is 31.4 Å². The zero-order valence-electron chi connectivity index (χ0n) is 20.5. The van der Waals surface area contributed by atoms with Crippen LogP contribution in [0.25, 0.3) is 0 Å². The molecule has 0 aliphatic carbocycles. The Morgan fingerprint density at radius 2 is 1.46 bits per heavy atom. The Hall–Kier alpha value is -3.93. The third-order valence-electron chi connectivity index (χ3n) is 5.67. The maximum atomic E-state index is 13.0. The Labute approximate surface area is 206 Å². The van der Waals surface area contributed by atoms with Gasteiger partial charge in [-0.3, -0.25) is 14.4 Å². The van der Waals surface area contributed by atoms with Gasteiger partial charge in [0.25, 0.3) is 5.91 Å². The van der Waals surface area contributed by atoms with Gasteiger partial charge in [-0.25, -0.2) is 0 Å². The molecule has 1 atom stereocenters. The van der Waals surface area contributed by atoms with Crippen molar-refractivity contribution in [1.82, 2.24) is 5.32 Å². The van der Waals surface area contributed by atoms with Crippen LogP contribution in [-0.2, 0) is 14.9 Å². The molecule has 182 valence electrons. The minimum absolute atomic E-state index is 0.0262. The Morgan fingerprint density at radius 1 is 0.829 bits per heavy atom. The third kappa shape index (κ3) is 7.27. The second kappa shape index (κ2) is 11.5. The van der Waals surface area contributed by atoms with Crippen molar-refractivity contribution in [1.29, 1.82) is 0 Å². The number of amides is 1. The van der Waals surface area contributed by atoms with Crippen LogP contribution >= 0.6 is 0 Å². The van der Waals surface area contributed by atoms with Gasteiger partial charge in [-0.1, -0.05) is 75.4 Å². The van der Waals surface area contributed by atoms with E-state index in [2.05, 4.69) is 26.1 Å². The summed E-state index contributed by atoms with van der Waals surface area (Å²) in [4.78, 5) is 37.9. The van der Waals surface area contributed by atoms with Crippen LogP contribution in [0, 0.1) is 0 Å². The molecule has 3 rings (SSSR count). The number of carbonyl (C=O) groups is 3. The molecule has 3 aromatic rings. The molecule has 0 spiro atoms. The number of benzene rings is 3. The smallest absolute Gasteiger partial charge is 0.308 e. The van der Waals surface area contributed by atoms with E-state index in [1.54, 1.807) is 67.8 Å². The van der Waals surface area contributed by atoms with Gasteiger partial charge in [0.2, 0.25) is 0 Å². The van der Waals surface area contributed by atoms with Crippen molar-refractivity contribution in [2.24, 2.45) is 0 Å². The molecule has 0 bridgehead atoms. The number of ether oxygens (including phenoxy) is 2. The molecule has 35 heavy (non-hydrogen) atoms. The van der Waals surface area contributed by atoms with Gasteiger partial charge in [0.1, 0.15) is 5.75 Å². The molecule has 0 fully saturated rings. The molecule has 0 aromatic heterocycles. The molecule has 0 heterocycles. The number of ketones is 1. The number of rotatable bonds is 9. The van der Waals surface area contributed by atoms with Crippen molar-refractivity contribution in [3.05, 3.63) is 101 Å². The highest BCUT2D eigenvalue weighted by molar-refractivity contribution is 5.98. The van der Waals surface area contributed by atoms with Gasteiger partial charge in [0, 0.05) is 11.1 Å². The SMILES string of the molecule is COc1ccc([C@@H](CC(=O)OCC(=O)c2ccccc2)NC(=O)c2ccc(C(C)(C)C)cc2)cc1. The summed E-state index contributed by atoms with van der Waals surface area (Å²) in [6, 6.07) is 22.5. The Morgan fingerprint density at radius 3 is 2.03 bits per heavy atom. The summed E-state index contributed by atoms with van der Waals surface area (Å²) >= 11 is 0. The van der Waals surface area contributed by atoms with Crippen molar-refractivity contribution in [3.8, 4) is 5.75 Å². The fraction of sp³-hybridized carbons (Fsp3) is 0.276. The van der Waals surface area contributed by atoms with E-state index >= 15 is 0 Å². The van der Waals surface area contributed by atoms with E-state index in [9.17, 15) is 14.4 Å². The van der Waals surface area contributed by atoms with Gasteiger partial charge in [-0.15, -0.1) is 0 Å². The maximum Gasteiger partial charge on any atom is 0.308 e. The molecule has 3 aromatic carbocycles. The van der Waals surface area contributed by atoms with Crippen LogP contribution in [0.2, 0.25) is 0 Å². The lowest BCUT2D eigenvalue weighted by Crippen LogP contribution is -2.31. The van der Waals surface area contributed by atoms with E-state index in [0.29, 0.717) is 16.9 Å². The van der Waals surface area contributed by atoms with Gasteiger partial charge in [0.05, 0.1) is 19.6 Å². The fourth-order valence-corrected chi connectivity index (χ4v) is 3.53. The summed E-state index contributed by atoms with van der Waals surface area (Å²) < 4.78 is 10.4. The molecule has 0 saturated heterocycles. The van der Waals surface area contributed by atoms with Crippen LogP contribution in [0.3, 0.4) is 0 Å². The summed E-state index contributed by atoms with van der Waals surface area (Å²) in [5.74, 6) is -0.520. The molecule has 1 amide bonds. The highest BCUT2D eigenvalue weighted by Gasteiger charge is 2.22. The zero-order chi connectivity index (χ0) is 25.4. The summed E-state index contributed by atoms with van der Waals surface area (Å²) in [5.41, 5.74) is 2.77. The van der Waals surface area contributed by atoms with Gasteiger partial charge >= 0.3 is 5.97 Å². The standard InChI is InChI=1S/C29H31NO5/c1-29(2,3)23-14-10-22(11-15-23)28(33)30-25(20-12-16-24(34-4)17-13-20)18-27(32)35-19-26(31)21-8-6-5-7-9-21/h5-17,25H,18-19H2,1-4H3,(H,30,33)/t25-/m1/s1. The first-order valence-corrected chi connectivity index (χ1v) is 11.5. The first-order valence-electron chi connectivity index (χ1n) is 11.5. The zero-order valence-corrected chi connectivity index (χ0v) is 20.5. The van der Waals surface area contributed by atoms with Gasteiger partial charge in [-0.05, 0) is 40.8 Å². The first-order chi connectivity index (χ1) is 16.7. The largest absolute Gasteiger partial charge is 0.497 e. The first kappa shape index (κ1) is 25.7. The number of esters is 1. The van der Waals surface area contributed by atoms with Crippen LogP contribution in [0.15, 0.2) is 78.9 Å². The van der Waals surface area contributed by atoms with E-state index < -0.39 is 12.0 Å². The maximum absolute atomic E-state index is 13.0. The van der Waals surface area contributed by atoms with Crippen LogP contribution in [0.1, 0.15) is 65.1 Å². The van der Waals surface area contributed by atoms with E-state index in [-0.39, 0.29) is 30.1 Å². The van der Waals surface area contributed by atoms with Crippen molar-refractivity contribution in [2.45, 2.75) is 38.6 Å². The molecule has 0 radical (unpaired) electrons. The minimum Gasteiger partial charge on any atom is -0.497 e. The molecule has 0 aliphatic heterocycles. The van der Waals surface area contributed by atoms with E-state index in [1.165, 1.54) is 0 Å². The molecular weight excluding hydrogens is 442 g/mol. The van der Waals surface area contributed by atoms with E-state index in [0.717, 1.165) is 11.1 Å². The lowest BCUT2D eigenvalue weighted by Gasteiger charge is -2.21. The van der Waals surface area contributed by atoms with E-state index in [4.69, 9.17) is 9.47 Å². The fourth-order valence-electron chi connectivity index (χ4n) is 3.53. The Kier molecular flexibility index (Phi) is 8.42. The molecule has 0 aliphatic rings. The molecular formula is C29H31NO5. The number of hydrogen-bond donors (Lipinski definition) is 1. The summed E-state index contributed by atoms with van der Waals surface area (Å²) in [7, 11) is 1.57. The normalized spacial score (nSPS) is 11.9. The Balaban J connectivity index is 1.71. The summed E-state index contributed by atoms with van der Waals surface area (Å²) in [6.07, 6.45) is -0.125. The van der Waals surface area contributed by atoms with Crippen molar-refractivity contribution >= 4 is 17.7 Å². The number of hydrogen-bond acceptors (Lipinski definition) is 5. The highest BCUT2D eigenvalue weighted by Crippen LogP contribution is 2.24. The average Bonchev–Trinajstić information content (AvgIpc) is 2.87. The van der Waals surface area contributed by atoms with Gasteiger partial charge < -0.3 is 14.8 Å². The van der Waals surface area contributed by atoms with Crippen molar-refractivity contribution < 1.29 is 23.9 Å². The second-order valence-corrected chi connectivity index (χ2v) is 9.28. The molecule has 1 N–H and O–H groups in total. The predicted molar refractivity (Wildman–Crippen MR) is 135 cm³/mol. The van der Waals surface area contributed by atoms with Gasteiger partial charge in [0.15, 0.2) is 12.4 Å². The molecule has 0 saturated carbocycles. The van der Waals surface area contributed by atoms with Crippen molar-refractivity contribution in [3.63, 3.8) is 0 Å². The van der Waals surface area contributed by atoms with Crippen LogP contribution in [0.4, 0.5) is 0 Å². The van der Waals surface area contributed by atoms with Gasteiger partial charge in [-0.2, -0.15) is 0 Å². The lowest BCUT2D eigenvalue weighted by atomic mass is 9.86. The Bertz CT molecular complexity index is 1150. The predicted octanol–water partition coefficient (Wildman–Crippen LogP) is 5.28. The third-order valence-corrected chi connectivity index (χ3v) is 5.67. The molecule has 0 unspecified atom stereocenters. The number of nitrogens with one attached hydrogen (secondary N) is 1. The monoisotopic (exact) mass is 473 g/mol. The van der Waals surface area contributed by atoms with Crippen LogP contribution < -0.4 is 10.1 Å². The molecule has 6 heteroatoms. The summed E-state index contributed by atoms with van der Waals surface area (Å²) in [6.45, 7) is 5.96.